The number of hydrogen-bond acceptors (Lipinski definition) is 28. The van der Waals surface area contributed by atoms with Crippen LogP contribution in [-0.4, -0.2) is 204 Å². The van der Waals surface area contributed by atoms with Crippen LogP contribution in [0.15, 0.2) is 71.5 Å². The molecule has 13 heterocycles. The molecule has 0 aromatic rings. The molecule has 0 spiro atoms. The summed E-state index contributed by atoms with van der Waals surface area (Å²) >= 11 is 5.11. The van der Waals surface area contributed by atoms with Crippen LogP contribution in [0.3, 0.4) is 0 Å². The van der Waals surface area contributed by atoms with E-state index in [1.807, 2.05) is 397 Å². The fraction of sp³-hybridized carbons (Fsp3) is 0.856. The minimum Gasteiger partial charge on any atom is -0.483 e. The monoisotopic (exact) mass is 1860 g/mol. The van der Waals surface area contributed by atoms with Gasteiger partial charge in [0.1, 0.15) is 26.4 Å². The van der Waals surface area contributed by atoms with Crippen LogP contribution in [0.5, 0.6) is 0 Å². The number of hydrazine groups is 2. The summed E-state index contributed by atoms with van der Waals surface area (Å²) < 4.78 is 22.0. The molecule has 25 nitrogen and oxygen atoms in total. The average Bonchev–Trinajstić information content (AvgIpc) is 2.11. The Kier molecular flexibility index (Phi) is 551. The molecule has 13 aliphatic heterocycles. The van der Waals surface area contributed by atoms with E-state index in [0.29, 0.717) is 0 Å². The summed E-state index contributed by atoms with van der Waals surface area (Å²) in [6, 6.07) is 0. The van der Waals surface area contributed by atoms with Crippen molar-refractivity contribution >= 4 is 110 Å². The summed E-state index contributed by atoms with van der Waals surface area (Å²) in [5.41, 5.74) is 18.8. The van der Waals surface area contributed by atoms with Crippen LogP contribution in [-0.2, 0) is 23.9 Å². The molecular weight excluding hydrogens is 1620 g/mol. The van der Waals surface area contributed by atoms with E-state index in [9.17, 15) is 0 Å². The quantitative estimate of drug-likeness (QED) is 0.105. The Bertz CT molecular complexity index is 1200. The van der Waals surface area contributed by atoms with Crippen molar-refractivity contribution < 1.29 is 23.9 Å². The van der Waals surface area contributed by atoms with E-state index >= 15 is 0 Å². The molecule has 0 amide bonds. The average molecular weight is 1860 g/mol. The van der Waals surface area contributed by atoms with Crippen molar-refractivity contribution in [1.29, 1.82) is 0 Å². The first-order valence-corrected chi connectivity index (χ1v) is 53.9. The third kappa shape index (κ3) is 353. The number of nitrogens with one attached hydrogen (secondary N) is 8. The van der Waals surface area contributed by atoms with Gasteiger partial charge in [0.15, 0.2) is 19.2 Å². The lowest BCUT2D eigenvalue weighted by Gasteiger charge is -2.04. The molecule has 8 N–H and O–H groups in total. The Morgan fingerprint density at radius 1 is 0.264 bits per heavy atom. The van der Waals surface area contributed by atoms with Crippen LogP contribution in [0.4, 0.5) is 0 Å². The zero-order valence-electron chi connectivity index (χ0n) is 94.6. The van der Waals surface area contributed by atoms with Crippen molar-refractivity contribution in [3.63, 3.8) is 0 Å². The zero-order valence-corrected chi connectivity index (χ0v) is 97.1. The first-order valence-electron chi connectivity index (χ1n) is 51.0. The standard InChI is InChI=1S/2C4H8N2.2C4H7NO.2C4H7NS.C3H7N3.C3H6N2O.2C3H6N2.2C3H5NO.C3H5NS.26C2H6/c1-2-5-4-6-3-1;1-2-4-6-5-3-1;1-2-5-4-6-3-1;1-2-4-6-5-3-1;1-2-5-4-6-3-1;1-2-4-6-5-3-1;1-2-5-6-3-4-1;1-2-6-3-5-4-1;1-2-5-3-4-1;1-2-4-5-3-1;1-2-5-3-4-1;2*1-2-4-5-3-1;26*1-2/h4H,1-3H2,(H,5,6);3,6H,1-2,4H2;4H,1-3H2;3H,1-2,4H2;4H,1-3H2;3H,1-2,4H2;3,5H,1-2H2,(H,4,6);3-4H,1-2H2;3H,1-2H2,(H,4,5);1-2,4-5H,3H2;3H,1-2H2;2*2H,1,3H2;26*1-2H3. The number of nitrogens with zero attached hydrogens (tertiary/aromatic N) is 12. The van der Waals surface area contributed by atoms with Gasteiger partial charge in [-0.2, -0.15) is 5.10 Å². The maximum absolute atomic E-state index is 4.78. The third-order valence-electron chi connectivity index (χ3n) is 8.16. The Morgan fingerprint density at radius 3 is 0.792 bits per heavy atom. The highest BCUT2D eigenvalue weighted by Gasteiger charge is 1.93. The minimum absolute atomic E-state index is 0.740. The minimum atomic E-state index is 0.740. The first-order chi connectivity index (χ1) is 62.5. The predicted octanol–water partition coefficient (Wildman–Crippen LogP) is 30.4. The number of rotatable bonds is 0. The molecule has 0 radical (unpaired) electrons. The number of hydrazone groups is 2. The molecule has 0 saturated carbocycles. The highest BCUT2D eigenvalue weighted by molar-refractivity contribution is 8.12. The van der Waals surface area contributed by atoms with Gasteiger partial charge in [0, 0.05) is 120 Å². The highest BCUT2D eigenvalue weighted by atomic mass is 32.2. The molecule has 0 bridgehead atoms. The van der Waals surface area contributed by atoms with Gasteiger partial charge in [0.2, 0.25) is 0 Å². The summed E-state index contributed by atoms with van der Waals surface area (Å²) in [6.45, 7) is 120. The van der Waals surface area contributed by atoms with E-state index in [2.05, 4.69) is 117 Å². The maximum atomic E-state index is 4.78. The molecule has 776 valence electrons. The van der Waals surface area contributed by atoms with Crippen molar-refractivity contribution in [1.82, 2.24) is 43.2 Å². The lowest BCUT2D eigenvalue weighted by molar-refractivity contribution is 0.134. The summed E-state index contributed by atoms with van der Waals surface area (Å²) in [5, 5.41) is 20.3. The molecule has 0 saturated heterocycles. The van der Waals surface area contributed by atoms with Gasteiger partial charge < -0.3 is 56.2 Å². The molecule has 0 fully saturated rings. The second-order valence-corrected chi connectivity index (χ2v) is 17.1. The number of ether oxygens (including phenoxy) is 3. The SMILES string of the molecule is C1=CNNC1.C1=NCCCN1.C1=NCCCO1.C1=NCCCS1.C1=NCCN1.C1=NCCNN1.C1=NCCO1.C1=NNCCC1.C1=NNCCO1.C1=NOCC1.C1=NOCCC1.C1=NSCC1.C1=NSCCC1.CC.CC.CC.CC.CC.CC.CC.CC.CC.CC.CC.CC.CC.CC.CC.CC.CC.CC.CC.CC.CC.CC.CC.CC.CC.CC. The molecule has 28 heteroatoms. The lowest BCUT2D eigenvalue weighted by Crippen LogP contribution is -2.36. The Morgan fingerprint density at radius 2 is 0.688 bits per heavy atom. The number of thioether (sulfide) groups is 1. The van der Waals surface area contributed by atoms with E-state index in [0.717, 1.165) is 144 Å². The fourth-order valence-electron chi connectivity index (χ4n) is 4.57. The summed E-state index contributed by atoms with van der Waals surface area (Å²) in [4.78, 5) is 32.4. The number of aliphatic imine (C=N–C) groups is 6. The van der Waals surface area contributed by atoms with E-state index in [-0.39, 0.29) is 0 Å². The topological polar surface area (TPSA) is 291 Å². The van der Waals surface area contributed by atoms with Gasteiger partial charge in [-0.1, -0.05) is 376 Å². The largest absolute Gasteiger partial charge is 0.483 e. The van der Waals surface area contributed by atoms with Gasteiger partial charge in [-0.3, -0.25) is 30.0 Å². The maximum Gasteiger partial charge on any atom is 0.192 e. The van der Waals surface area contributed by atoms with E-state index in [4.69, 9.17) is 9.47 Å². The van der Waals surface area contributed by atoms with Crippen molar-refractivity contribution in [2.24, 2.45) is 59.3 Å². The second kappa shape index (κ2) is 359. The Hall–Kier alpha value is -5.45. The summed E-state index contributed by atoms with van der Waals surface area (Å²) in [6.07, 6.45) is 35.6. The van der Waals surface area contributed by atoms with Gasteiger partial charge in [0.05, 0.1) is 57.3 Å². The molecule has 13 rings (SSSR count). The first kappa shape index (κ1) is 192. The smallest absolute Gasteiger partial charge is 0.192 e. The lowest BCUT2D eigenvalue weighted by atomic mass is 10.3. The van der Waals surface area contributed by atoms with E-state index in [1.165, 1.54) is 75.0 Å². The van der Waals surface area contributed by atoms with Crippen LogP contribution in [0.1, 0.15) is 431 Å². The van der Waals surface area contributed by atoms with Gasteiger partial charge >= 0.3 is 0 Å². The van der Waals surface area contributed by atoms with Crippen LogP contribution < -0.4 is 43.2 Å². The molecule has 13 aliphatic rings. The van der Waals surface area contributed by atoms with Crippen LogP contribution in [0, 0.1) is 0 Å². The predicted molar refractivity (Wildman–Crippen MR) is 608 cm³/mol. The van der Waals surface area contributed by atoms with Crippen LogP contribution in [0.25, 0.3) is 0 Å². The number of hydrogen-bond donors (Lipinski definition) is 8. The normalized spacial score (nSPS) is 12.9. The van der Waals surface area contributed by atoms with Crippen LogP contribution in [0.2, 0.25) is 0 Å². The van der Waals surface area contributed by atoms with Gasteiger partial charge in [-0.05, 0) is 81.7 Å². The molecular formula is C97H240N20O5S3. The molecule has 125 heavy (non-hydrogen) atoms. The molecule has 0 atom stereocenters. The molecule has 0 aromatic heterocycles. The van der Waals surface area contributed by atoms with Gasteiger partial charge in [0.25, 0.3) is 0 Å². The van der Waals surface area contributed by atoms with Crippen molar-refractivity contribution in [2.45, 2.75) is 431 Å². The fourth-order valence-corrected chi connectivity index (χ4v) is 6.33. The third-order valence-corrected chi connectivity index (χ3v) is 10.5. The van der Waals surface area contributed by atoms with E-state index < -0.39 is 0 Å². The van der Waals surface area contributed by atoms with Gasteiger partial charge in [-0.25, -0.2) is 19.6 Å². The van der Waals surface area contributed by atoms with Crippen molar-refractivity contribution in [2.75, 3.05) is 129 Å². The van der Waals surface area contributed by atoms with Crippen molar-refractivity contribution in [3.8, 4) is 0 Å². The number of oxime groups is 2. The summed E-state index contributed by atoms with van der Waals surface area (Å²) in [5.74, 6) is 3.68. The van der Waals surface area contributed by atoms with Crippen LogP contribution >= 0.6 is 35.7 Å². The molecule has 0 unspecified atom stereocenters. The Labute approximate surface area is 803 Å². The molecule has 0 aliphatic carbocycles. The molecule has 0 aromatic carbocycles. The van der Waals surface area contributed by atoms with Crippen molar-refractivity contribution in [3.05, 3.63) is 12.3 Å². The highest BCUT2D eigenvalue weighted by Crippen LogP contribution is 2.09. The summed E-state index contributed by atoms with van der Waals surface area (Å²) in [7, 11) is 0. The zero-order chi connectivity index (χ0) is 104. The second-order valence-electron chi connectivity index (χ2n) is 14.4. The van der Waals surface area contributed by atoms with Gasteiger partial charge in [-0.15, -0.1) is 16.9 Å². The Balaban J connectivity index is -0.0000000340. The van der Waals surface area contributed by atoms with E-state index in [1.54, 1.807) is 67.1 Å².